The van der Waals surface area contributed by atoms with Crippen LogP contribution in [0.5, 0.6) is 0 Å². The lowest BCUT2D eigenvalue weighted by atomic mass is 10.0. The summed E-state index contributed by atoms with van der Waals surface area (Å²) in [6.45, 7) is 5.62. The predicted molar refractivity (Wildman–Crippen MR) is 108 cm³/mol. The number of nitrogens with two attached hydrogens (primary N) is 1. The second kappa shape index (κ2) is 7.26. The number of hydrogen-bond donors (Lipinski definition) is 3. The second-order valence-electron chi connectivity index (χ2n) is 6.85. The summed E-state index contributed by atoms with van der Waals surface area (Å²) in [6, 6.07) is 8.05. The number of benzene rings is 1. The van der Waals surface area contributed by atoms with E-state index in [1.54, 1.807) is 0 Å². The molecular formula is C19H22N8O. The highest BCUT2D eigenvalue weighted by atomic mass is 16.2. The molecule has 3 heterocycles. The number of hydrogen-bond acceptors (Lipinski definition) is 8. The normalized spacial score (nSPS) is 15.4. The summed E-state index contributed by atoms with van der Waals surface area (Å²) < 4.78 is 0. The molecule has 1 fully saturated rings. The van der Waals surface area contributed by atoms with Gasteiger partial charge in [-0.3, -0.25) is 4.79 Å². The van der Waals surface area contributed by atoms with Gasteiger partial charge in [-0.2, -0.15) is 4.98 Å². The minimum atomic E-state index is -0.154. The summed E-state index contributed by atoms with van der Waals surface area (Å²) in [5.41, 5.74) is 8.65. The van der Waals surface area contributed by atoms with E-state index in [0.717, 1.165) is 27.8 Å². The number of piperazine rings is 1. The average Bonchev–Trinajstić information content (AvgIpc) is 2.67. The number of rotatable bonds is 4. The summed E-state index contributed by atoms with van der Waals surface area (Å²) in [5, 5.41) is 7.17. The molecule has 1 amide bonds. The Morgan fingerprint density at radius 3 is 2.93 bits per heavy atom. The van der Waals surface area contributed by atoms with Crippen LogP contribution in [0.25, 0.3) is 10.9 Å². The Morgan fingerprint density at radius 2 is 2.14 bits per heavy atom. The zero-order valence-corrected chi connectivity index (χ0v) is 15.8. The van der Waals surface area contributed by atoms with Gasteiger partial charge < -0.3 is 21.3 Å². The first kappa shape index (κ1) is 17.9. The van der Waals surface area contributed by atoms with Crippen molar-refractivity contribution in [2.24, 2.45) is 0 Å². The Labute approximate surface area is 162 Å². The van der Waals surface area contributed by atoms with Crippen molar-refractivity contribution in [2.45, 2.75) is 19.9 Å². The second-order valence-corrected chi connectivity index (χ2v) is 6.85. The van der Waals surface area contributed by atoms with E-state index in [0.29, 0.717) is 19.0 Å². The Balaban J connectivity index is 1.78. The van der Waals surface area contributed by atoms with Crippen molar-refractivity contribution in [3.63, 3.8) is 0 Å². The third kappa shape index (κ3) is 3.51. The average molecular weight is 378 g/mol. The first-order valence-corrected chi connectivity index (χ1v) is 9.14. The maximum atomic E-state index is 11.9. The van der Waals surface area contributed by atoms with Crippen LogP contribution in [0.3, 0.4) is 0 Å². The van der Waals surface area contributed by atoms with Gasteiger partial charge in [0, 0.05) is 24.0 Å². The molecule has 0 spiro atoms. The van der Waals surface area contributed by atoms with Crippen LogP contribution in [0.4, 0.5) is 17.7 Å². The lowest BCUT2D eigenvalue weighted by Gasteiger charge is -2.31. The molecule has 1 saturated heterocycles. The van der Waals surface area contributed by atoms with Crippen molar-refractivity contribution < 1.29 is 4.79 Å². The number of amides is 1. The molecule has 2 aromatic heterocycles. The van der Waals surface area contributed by atoms with E-state index < -0.39 is 0 Å². The van der Waals surface area contributed by atoms with E-state index in [1.807, 2.05) is 36.9 Å². The van der Waals surface area contributed by atoms with Crippen molar-refractivity contribution >= 4 is 34.5 Å². The number of pyridine rings is 1. The highest BCUT2D eigenvalue weighted by Gasteiger charge is 2.24. The molecule has 1 atom stereocenters. The molecule has 4 N–H and O–H groups in total. The van der Waals surface area contributed by atoms with Crippen LogP contribution >= 0.6 is 0 Å². The Hall–Kier alpha value is -3.49. The molecule has 0 bridgehead atoms. The summed E-state index contributed by atoms with van der Waals surface area (Å²) in [4.78, 5) is 31.0. The summed E-state index contributed by atoms with van der Waals surface area (Å²) in [6.07, 6.45) is 1.37. The van der Waals surface area contributed by atoms with Crippen LogP contribution in [-0.2, 0) is 4.79 Å². The third-order valence-electron chi connectivity index (χ3n) is 4.80. The van der Waals surface area contributed by atoms with Crippen molar-refractivity contribution in [3.8, 4) is 0 Å². The predicted octanol–water partition coefficient (Wildman–Crippen LogP) is 1.42. The molecular weight excluding hydrogens is 356 g/mol. The van der Waals surface area contributed by atoms with Crippen molar-refractivity contribution in [1.29, 1.82) is 0 Å². The van der Waals surface area contributed by atoms with Gasteiger partial charge in [0.15, 0.2) is 0 Å². The molecule has 0 saturated carbocycles. The Kier molecular flexibility index (Phi) is 4.64. The van der Waals surface area contributed by atoms with Crippen LogP contribution in [0.2, 0.25) is 0 Å². The molecule has 9 heteroatoms. The molecule has 144 valence electrons. The van der Waals surface area contributed by atoms with E-state index >= 15 is 0 Å². The topological polar surface area (TPSA) is 122 Å². The SMILES string of the molecule is Cc1cccc2cc([C@H](C)Nc3ncnc(N)n3)c(N3CCNC(=O)C3)nc12. The van der Waals surface area contributed by atoms with Gasteiger partial charge in [-0.1, -0.05) is 18.2 Å². The minimum Gasteiger partial charge on any atom is -0.368 e. The van der Waals surface area contributed by atoms with Gasteiger partial charge in [0.1, 0.15) is 12.1 Å². The Morgan fingerprint density at radius 1 is 1.29 bits per heavy atom. The molecule has 1 aromatic carbocycles. The van der Waals surface area contributed by atoms with Gasteiger partial charge in [-0.15, -0.1) is 0 Å². The molecule has 0 unspecified atom stereocenters. The quantitative estimate of drug-likeness (QED) is 0.623. The molecule has 1 aliphatic heterocycles. The molecule has 9 nitrogen and oxygen atoms in total. The number of nitrogens with zero attached hydrogens (tertiary/aromatic N) is 5. The Bertz CT molecular complexity index is 1040. The lowest BCUT2D eigenvalue weighted by molar-refractivity contribution is -0.120. The van der Waals surface area contributed by atoms with Crippen LogP contribution in [0, 0.1) is 6.92 Å². The number of aryl methyl sites for hydroxylation is 1. The van der Waals surface area contributed by atoms with Crippen LogP contribution in [0.1, 0.15) is 24.1 Å². The highest BCUT2D eigenvalue weighted by Crippen LogP contribution is 2.31. The largest absolute Gasteiger partial charge is 0.368 e. The summed E-state index contributed by atoms with van der Waals surface area (Å²) in [5.74, 6) is 1.34. The first-order valence-electron chi connectivity index (χ1n) is 9.14. The highest BCUT2D eigenvalue weighted by molar-refractivity contribution is 5.87. The monoisotopic (exact) mass is 378 g/mol. The number of para-hydroxylation sites is 1. The zero-order chi connectivity index (χ0) is 19.7. The number of carbonyl (C=O) groups excluding carboxylic acids is 1. The van der Waals surface area contributed by atoms with Crippen LogP contribution in [0.15, 0.2) is 30.6 Å². The number of nitrogens with one attached hydrogen (secondary N) is 2. The fourth-order valence-electron chi connectivity index (χ4n) is 3.39. The number of carbonyl (C=O) groups is 1. The maximum Gasteiger partial charge on any atom is 0.239 e. The number of fused-ring (bicyclic) bond motifs is 1. The van der Waals surface area contributed by atoms with Crippen LogP contribution < -0.4 is 21.3 Å². The number of aromatic nitrogens is 4. The fraction of sp³-hybridized carbons (Fsp3) is 0.316. The number of anilines is 3. The molecule has 1 aliphatic rings. The van der Waals surface area contributed by atoms with Gasteiger partial charge in [-0.25, -0.2) is 15.0 Å². The van der Waals surface area contributed by atoms with Crippen molar-refractivity contribution in [2.75, 3.05) is 35.6 Å². The molecule has 28 heavy (non-hydrogen) atoms. The number of nitrogen functional groups attached to an aromatic ring is 1. The van der Waals surface area contributed by atoms with Crippen molar-refractivity contribution in [1.82, 2.24) is 25.3 Å². The molecule has 4 rings (SSSR count). The van der Waals surface area contributed by atoms with Gasteiger partial charge >= 0.3 is 0 Å². The van der Waals surface area contributed by atoms with E-state index in [4.69, 9.17) is 10.7 Å². The molecule has 3 aromatic rings. The third-order valence-corrected chi connectivity index (χ3v) is 4.80. The smallest absolute Gasteiger partial charge is 0.239 e. The van der Waals surface area contributed by atoms with Gasteiger partial charge in [-0.05, 0) is 25.5 Å². The molecule has 0 aliphatic carbocycles. The van der Waals surface area contributed by atoms with E-state index in [9.17, 15) is 4.79 Å². The summed E-state index contributed by atoms with van der Waals surface area (Å²) >= 11 is 0. The lowest BCUT2D eigenvalue weighted by Crippen LogP contribution is -2.48. The van der Waals surface area contributed by atoms with E-state index in [1.165, 1.54) is 6.33 Å². The maximum absolute atomic E-state index is 11.9. The van der Waals surface area contributed by atoms with E-state index in [-0.39, 0.29) is 24.4 Å². The molecule has 0 radical (unpaired) electrons. The van der Waals surface area contributed by atoms with Crippen molar-refractivity contribution in [3.05, 3.63) is 41.7 Å². The van der Waals surface area contributed by atoms with E-state index in [2.05, 4.69) is 31.7 Å². The first-order chi connectivity index (χ1) is 13.5. The zero-order valence-electron chi connectivity index (χ0n) is 15.8. The van der Waals surface area contributed by atoms with Gasteiger partial charge in [0.2, 0.25) is 17.8 Å². The fourth-order valence-corrected chi connectivity index (χ4v) is 3.39. The summed E-state index contributed by atoms with van der Waals surface area (Å²) in [7, 11) is 0. The van der Waals surface area contributed by atoms with Gasteiger partial charge in [0.25, 0.3) is 0 Å². The standard InChI is InChI=1S/C19H22N8O/c1-11-4-3-5-13-8-14(12(2)24-19-23-10-22-18(20)26-19)17(25-16(11)13)27-7-6-21-15(28)9-27/h3-5,8,10,12H,6-7,9H2,1-2H3,(H,21,28)(H3,20,22,23,24,26)/t12-/m0/s1. The minimum absolute atomic E-state index is 0.00488. The van der Waals surface area contributed by atoms with Crippen LogP contribution in [-0.4, -0.2) is 45.5 Å². The van der Waals surface area contributed by atoms with Gasteiger partial charge in [0.05, 0.1) is 18.1 Å².